The van der Waals surface area contributed by atoms with Crippen LogP contribution in [0, 0.1) is 0 Å². The lowest BCUT2D eigenvalue weighted by molar-refractivity contribution is -0.141. The van der Waals surface area contributed by atoms with Gasteiger partial charge < -0.3 is 4.74 Å². The highest BCUT2D eigenvalue weighted by atomic mass is 19.4. The first-order chi connectivity index (χ1) is 5.54. The first-order valence-corrected chi connectivity index (χ1v) is 2.98. The second-order valence-corrected chi connectivity index (χ2v) is 1.93. The molecule has 0 unspecified atom stereocenters. The van der Waals surface area contributed by atoms with Crippen LogP contribution in [-0.4, -0.2) is 17.1 Å². The summed E-state index contributed by atoms with van der Waals surface area (Å²) in [6.45, 7) is 0. The lowest BCUT2D eigenvalue weighted by Crippen LogP contribution is -2.08. The highest BCUT2D eigenvalue weighted by Gasteiger charge is 2.32. The molecular formula is C6H5F3N2O. The normalized spacial score (nSPS) is 11.3. The van der Waals surface area contributed by atoms with Gasteiger partial charge in [-0.2, -0.15) is 18.2 Å². The molecule has 1 rings (SSSR count). The summed E-state index contributed by atoms with van der Waals surface area (Å²) in [6.07, 6.45) is -3.45. The number of nitrogens with zero attached hydrogens (tertiary/aromatic N) is 2. The number of methoxy groups -OCH3 is 1. The van der Waals surface area contributed by atoms with Crippen LogP contribution >= 0.6 is 0 Å². The highest BCUT2D eigenvalue weighted by molar-refractivity contribution is 5.08. The van der Waals surface area contributed by atoms with Gasteiger partial charge in [-0.25, -0.2) is 4.98 Å². The van der Waals surface area contributed by atoms with Gasteiger partial charge in [0.25, 0.3) is 0 Å². The van der Waals surface area contributed by atoms with Crippen molar-refractivity contribution in [1.29, 1.82) is 0 Å². The van der Waals surface area contributed by atoms with Crippen molar-refractivity contribution in [2.24, 2.45) is 0 Å². The molecule has 0 spiro atoms. The molecule has 6 heteroatoms. The molecule has 12 heavy (non-hydrogen) atoms. The number of rotatable bonds is 1. The van der Waals surface area contributed by atoms with Gasteiger partial charge in [0.1, 0.15) is 0 Å². The fraction of sp³-hybridized carbons (Fsp3) is 0.333. The Morgan fingerprint density at radius 1 is 1.42 bits per heavy atom. The van der Waals surface area contributed by atoms with Gasteiger partial charge in [-0.1, -0.05) is 0 Å². The van der Waals surface area contributed by atoms with Gasteiger partial charge in [0, 0.05) is 6.20 Å². The zero-order valence-electron chi connectivity index (χ0n) is 6.09. The van der Waals surface area contributed by atoms with E-state index in [0.29, 0.717) is 0 Å². The molecule has 0 aliphatic rings. The lowest BCUT2D eigenvalue weighted by Gasteiger charge is -2.05. The molecular weight excluding hydrogens is 173 g/mol. The topological polar surface area (TPSA) is 35.0 Å². The minimum absolute atomic E-state index is 0.287. The molecule has 66 valence electrons. The molecule has 1 aromatic heterocycles. The van der Waals surface area contributed by atoms with Crippen molar-refractivity contribution >= 4 is 0 Å². The molecule has 0 N–H and O–H groups in total. The van der Waals surface area contributed by atoms with Crippen molar-refractivity contribution < 1.29 is 17.9 Å². The molecule has 0 radical (unpaired) electrons. The summed E-state index contributed by atoms with van der Waals surface area (Å²) >= 11 is 0. The molecule has 1 heterocycles. The minimum atomic E-state index is -4.45. The number of alkyl halides is 3. The molecule has 0 aromatic carbocycles. The van der Waals surface area contributed by atoms with Crippen molar-refractivity contribution in [2.75, 3.05) is 7.11 Å². The fourth-order valence-corrected chi connectivity index (χ4v) is 0.597. The Morgan fingerprint density at radius 2 is 2.08 bits per heavy atom. The molecule has 0 bridgehead atoms. The van der Waals surface area contributed by atoms with Crippen LogP contribution in [0.3, 0.4) is 0 Å². The summed E-state index contributed by atoms with van der Waals surface area (Å²) in [4.78, 5) is 6.54. The van der Waals surface area contributed by atoms with Crippen LogP contribution in [0.4, 0.5) is 13.2 Å². The average Bonchev–Trinajstić information content (AvgIpc) is 2.03. The molecule has 3 nitrogen and oxygen atoms in total. The third kappa shape index (κ3) is 1.84. The molecule has 0 aliphatic heterocycles. The Bertz CT molecular complexity index is 274. The molecule has 0 saturated carbocycles. The van der Waals surface area contributed by atoms with E-state index in [9.17, 15) is 13.2 Å². The van der Waals surface area contributed by atoms with Crippen molar-refractivity contribution in [3.63, 3.8) is 0 Å². The van der Waals surface area contributed by atoms with Gasteiger partial charge >= 0.3 is 12.2 Å². The zero-order valence-corrected chi connectivity index (χ0v) is 6.09. The highest BCUT2D eigenvalue weighted by Crippen LogP contribution is 2.27. The summed E-state index contributed by atoms with van der Waals surface area (Å²) in [6, 6.07) is 0.493. The number of hydrogen-bond acceptors (Lipinski definition) is 3. The van der Waals surface area contributed by atoms with Crippen LogP contribution in [0.15, 0.2) is 12.3 Å². The number of hydrogen-bond donors (Lipinski definition) is 0. The summed E-state index contributed by atoms with van der Waals surface area (Å²) in [7, 11) is 1.20. The van der Waals surface area contributed by atoms with E-state index in [2.05, 4.69) is 14.7 Å². The first-order valence-electron chi connectivity index (χ1n) is 2.98. The maximum absolute atomic E-state index is 12.0. The van der Waals surface area contributed by atoms with Crippen LogP contribution in [0.2, 0.25) is 0 Å². The van der Waals surface area contributed by atoms with Crippen LogP contribution in [0.25, 0.3) is 0 Å². The Morgan fingerprint density at radius 3 is 2.58 bits per heavy atom. The Kier molecular flexibility index (Phi) is 2.16. The molecule has 0 saturated heterocycles. The van der Waals surface area contributed by atoms with Crippen LogP contribution in [-0.2, 0) is 6.18 Å². The van der Waals surface area contributed by atoms with Gasteiger partial charge in [0.2, 0.25) is 0 Å². The average molecular weight is 178 g/mol. The van der Waals surface area contributed by atoms with E-state index in [0.717, 1.165) is 12.3 Å². The Hall–Kier alpha value is -1.33. The number of ether oxygens (including phenoxy) is 1. The first kappa shape index (κ1) is 8.76. The van der Waals surface area contributed by atoms with Crippen molar-refractivity contribution in [3.8, 4) is 6.01 Å². The smallest absolute Gasteiger partial charge is 0.433 e. The Labute approximate surface area is 66.2 Å². The fourth-order valence-electron chi connectivity index (χ4n) is 0.597. The quantitative estimate of drug-likeness (QED) is 0.653. The van der Waals surface area contributed by atoms with E-state index in [4.69, 9.17) is 0 Å². The lowest BCUT2D eigenvalue weighted by atomic mass is 10.4. The third-order valence-electron chi connectivity index (χ3n) is 1.11. The van der Waals surface area contributed by atoms with E-state index in [1.807, 2.05) is 0 Å². The summed E-state index contributed by atoms with van der Waals surface area (Å²) in [5.74, 6) is 0. The number of aromatic nitrogens is 2. The van der Waals surface area contributed by atoms with Crippen molar-refractivity contribution in [3.05, 3.63) is 18.0 Å². The van der Waals surface area contributed by atoms with E-state index < -0.39 is 11.9 Å². The van der Waals surface area contributed by atoms with Crippen LogP contribution in [0.5, 0.6) is 6.01 Å². The maximum Gasteiger partial charge on any atom is 0.433 e. The van der Waals surface area contributed by atoms with Crippen LogP contribution < -0.4 is 4.74 Å². The van der Waals surface area contributed by atoms with E-state index in [1.54, 1.807) is 0 Å². The van der Waals surface area contributed by atoms with Gasteiger partial charge in [-0.3, -0.25) is 0 Å². The van der Waals surface area contributed by atoms with Gasteiger partial charge in [-0.15, -0.1) is 0 Å². The summed E-state index contributed by atoms with van der Waals surface area (Å²) < 4.78 is 40.3. The molecule has 0 aliphatic carbocycles. The van der Waals surface area contributed by atoms with Gasteiger partial charge in [0.15, 0.2) is 5.69 Å². The molecule has 1 aromatic rings. The second-order valence-electron chi connectivity index (χ2n) is 1.93. The predicted molar refractivity (Wildman–Crippen MR) is 33.6 cm³/mol. The maximum atomic E-state index is 12.0. The van der Waals surface area contributed by atoms with E-state index in [-0.39, 0.29) is 6.01 Å². The van der Waals surface area contributed by atoms with Crippen LogP contribution in [0.1, 0.15) is 5.69 Å². The summed E-state index contributed by atoms with van der Waals surface area (Å²) in [5.41, 5.74) is -1.01. The molecule has 0 atom stereocenters. The van der Waals surface area contributed by atoms with E-state index >= 15 is 0 Å². The summed E-state index contributed by atoms with van der Waals surface area (Å²) in [5, 5.41) is 0. The minimum Gasteiger partial charge on any atom is -0.467 e. The van der Waals surface area contributed by atoms with Crippen molar-refractivity contribution in [2.45, 2.75) is 6.18 Å². The third-order valence-corrected chi connectivity index (χ3v) is 1.11. The second kappa shape index (κ2) is 2.96. The monoisotopic (exact) mass is 178 g/mol. The molecule has 0 amide bonds. The predicted octanol–water partition coefficient (Wildman–Crippen LogP) is 1.50. The number of halogens is 3. The zero-order chi connectivity index (χ0) is 9.19. The van der Waals surface area contributed by atoms with E-state index in [1.165, 1.54) is 7.11 Å². The van der Waals surface area contributed by atoms with Gasteiger partial charge in [-0.05, 0) is 6.07 Å². The standard InChI is InChI=1S/C6H5F3N2O/c1-12-5-10-3-2-4(11-5)6(7,8)9/h2-3H,1H3. The van der Waals surface area contributed by atoms with Crippen molar-refractivity contribution in [1.82, 2.24) is 9.97 Å². The van der Waals surface area contributed by atoms with Gasteiger partial charge in [0.05, 0.1) is 7.11 Å². The largest absolute Gasteiger partial charge is 0.467 e. The Balaban J connectivity index is 3.02. The molecule has 0 fully saturated rings. The SMILES string of the molecule is COc1nccc(C(F)(F)F)n1.